The van der Waals surface area contributed by atoms with Crippen LogP contribution in [0, 0.1) is 0 Å². The molecule has 0 spiro atoms. The Balaban J connectivity index is 2.46. The lowest BCUT2D eigenvalue weighted by Gasteiger charge is -2.18. The van der Waals surface area contributed by atoms with Gasteiger partial charge >= 0.3 is 6.09 Å². The standard InChI is InChI=1S/C12H15NO5/c1-15-7-4-9(16-2)11(10(5-7)17-3)8-6-18-12(14)13-8/h4-5,8H,6H2,1-3H3,(H,13,14). The second kappa shape index (κ2) is 5.03. The quantitative estimate of drug-likeness (QED) is 0.880. The van der Waals surface area contributed by atoms with Gasteiger partial charge in [-0.1, -0.05) is 0 Å². The predicted molar refractivity (Wildman–Crippen MR) is 63.3 cm³/mol. The summed E-state index contributed by atoms with van der Waals surface area (Å²) in [5.74, 6) is 1.79. The van der Waals surface area contributed by atoms with E-state index in [4.69, 9.17) is 18.9 Å². The monoisotopic (exact) mass is 253 g/mol. The minimum absolute atomic E-state index is 0.248. The number of rotatable bonds is 4. The average molecular weight is 253 g/mol. The normalized spacial score (nSPS) is 17.9. The van der Waals surface area contributed by atoms with Crippen LogP contribution in [-0.2, 0) is 4.74 Å². The van der Waals surface area contributed by atoms with Crippen LogP contribution >= 0.6 is 0 Å². The Labute approximate surface area is 105 Å². The molecule has 1 unspecified atom stereocenters. The Bertz CT molecular complexity index is 435. The summed E-state index contributed by atoms with van der Waals surface area (Å²) in [6.45, 7) is 0.248. The van der Waals surface area contributed by atoms with Crippen LogP contribution in [0.5, 0.6) is 17.2 Å². The molecule has 1 heterocycles. The van der Waals surface area contributed by atoms with Gasteiger partial charge < -0.3 is 24.3 Å². The molecular weight excluding hydrogens is 238 g/mol. The summed E-state index contributed by atoms with van der Waals surface area (Å²) >= 11 is 0. The lowest BCUT2D eigenvalue weighted by atomic mass is 10.0. The molecule has 1 aliphatic rings. The lowest BCUT2D eigenvalue weighted by Crippen LogP contribution is -2.19. The third-order valence-electron chi connectivity index (χ3n) is 2.77. The summed E-state index contributed by atoms with van der Waals surface area (Å²) in [7, 11) is 4.67. The number of benzene rings is 1. The molecule has 6 nitrogen and oxygen atoms in total. The summed E-state index contributed by atoms with van der Waals surface area (Å²) in [5.41, 5.74) is 0.742. The van der Waals surface area contributed by atoms with Crippen LogP contribution in [0.4, 0.5) is 4.79 Å². The average Bonchev–Trinajstić information content (AvgIpc) is 2.83. The lowest BCUT2D eigenvalue weighted by molar-refractivity contribution is 0.176. The molecule has 0 saturated carbocycles. The highest BCUT2D eigenvalue weighted by Crippen LogP contribution is 2.39. The fourth-order valence-electron chi connectivity index (χ4n) is 1.92. The van der Waals surface area contributed by atoms with E-state index in [0.717, 1.165) is 5.56 Å². The first-order chi connectivity index (χ1) is 8.69. The van der Waals surface area contributed by atoms with Crippen molar-refractivity contribution in [3.63, 3.8) is 0 Å². The van der Waals surface area contributed by atoms with Crippen molar-refractivity contribution in [1.29, 1.82) is 0 Å². The largest absolute Gasteiger partial charge is 0.496 e. The molecule has 18 heavy (non-hydrogen) atoms. The van der Waals surface area contributed by atoms with Gasteiger partial charge in [-0.2, -0.15) is 0 Å². The van der Waals surface area contributed by atoms with E-state index >= 15 is 0 Å². The molecule has 1 N–H and O–H groups in total. The van der Waals surface area contributed by atoms with Gasteiger partial charge in [0.15, 0.2) is 0 Å². The number of hydrogen-bond donors (Lipinski definition) is 1. The second-order valence-electron chi connectivity index (χ2n) is 3.74. The smallest absolute Gasteiger partial charge is 0.407 e. The number of ether oxygens (including phenoxy) is 4. The summed E-state index contributed by atoms with van der Waals surface area (Å²) in [6, 6.07) is 3.19. The Hall–Kier alpha value is -2.11. The van der Waals surface area contributed by atoms with E-state index in [1.54, 1.807) is 33.5 Å². The maximum atomic E-state index is 11.1. The van der Waals surface area contributed by atoms with Crippen LogP contribution < -0.4 is 19.5 Å². The molecule has 1 fully saturated rings. The van der Waals surface area contributed by atoms with Crippen LogP contribution in [0.2, 0.25) is 0 Å². The molecular formula is C12H15NO5. The predicted octanol–water partition coefficient (Wildman–Crippen LogP) is 1.49. The van der Waals surface area contributed by atoms with Gasteiger partial charge in [-0.05, 0) is 0 Å². The van der Waals surface area contributed by atoms with Crippen LogP contribution in [0.25, 0.3) is 0 Å². The van der Waals surface area contributed by atoms with Crippen molar-refractivity contribution in [2.24, 2.45) is 0 Å². The summed E-state index contributed by atoms with van der Waals surface area (Å²) in [4.78, 5) is 11.1. The number of carbonyl (C=O) groups is 1. The molecule has 2 rings (SSSR count). The molecule has 1 atom stereocenters. The fraction of sp³-hybridized carbons (Fsp3) is 0.417. The summed E-state index contributed by atoms with van der Waals surface area (Å²) < 4.78 is 20.7. The van der Waals surface area contributed by atoms with Crippen molar-refractivity contribution in [2.75, 3.05) is 27.9 Å². The molecule has 1 aliphatic heterocycles. The van der Waals surface area contributed by atoms with Crippen molar-refractivity contribution in [2.45, 2.75) is 6.04 Å². The number of cyclic esters (lactones) is 1. The topological polar surface area (TPSA) is 66.0 Å². The third-order valence-corrected chi connectivity index (χ3v) is 2.77. The highest BCUT2D eigenvalue weighted by Gasteiger charge is 2.30. The van der Waals surface area contributed by atoms with Gasteiger partial charge in [-0.3, -0.25) is 0 Å². The van der Waals surface area contributed by atoms with E-state index in [1.165, 1.54) is 0 Å². The minimum atomic E-state index is -0.445. The van der Waals surface area contributed by atoms with E-state index in [0.29, 0.717) is 17.2 Å². The first-order valence-corrected chi connectivity index (χ1v) is 5.42. The van der Waals surface area contributed by atoms with E-state index in [2.05, 4.69) is 5.32 Å². The molecule has 1 aromatic rings. The zero-order chi connectivity index (χ0) is 13.1. The number of hydrogen-bond acceptors (Lipinski definition) is 5. The first kappa shape index (κ1) is 12.3. The van der Waals surface area contributed by atoms with Crippen LogP contribution in [0.1, 0.15) is 11.6 Å². The maximum Gasteiger partial charge on any atom is 0.407 e. The van der Waals surface area contributed by atoms with E-state index in [9.17, 15) is 4.79 Å². The highest BCUT2D eigenvalue weighted by molar-refractivity contribution is 5.71. The summed E-state index contributed by atoms with van der Waals surface area (Å²) in [5, 5.41) is 2.70. The highest BCUT2D eigenvalue weighted by atomic mass is 16.6. The molecule has 1 saturated heterocycles. The van der Waals surface area contributed by atoms with E-state index < -0.39 is 6.09 Å². The zero-order valence-electron chi connectivity index (χ0n) is 10.5. The van der Waals surface area contributed by atoms with Crippen LogP contribution in [-0.4, -0.2) is 34.0 Å². The van der Waals surface area contributed by atoms with Crippen molar-refractivity contribution < 1.29 is 23.7 Å². The second-order valence-corrected chi connectivity index (χ2v) is 3.74. The third kappa shape index (κ3) is 2.13. The molecule has 0 aliphatic carbocycles. The molecule has 0 bridgehead atoms. The van der Waals surface area contributed by atoms with Gasteiger partial charge in [0.05, 0.1) is 32.9 Å². The van der Waals surface area contributed by atoms with Gasteiger partial charge in [-0.25, -0.2) is 4.79 Å². The van der Waals surface area contributed by atoms with Gasteiger partial charge in [0.25, 0.3) is 0 Å². The molecule has 6 heteroatoms. The Morgan fingerprint density at radius 3 is 2.17 bits per heavy atom. The van der Waals surface area contributed by atoms with Crippen molar-refractivity contribution in [1.82, 2.24) is 5.32 Å². The van der Waals surface area contributed by atoms with Crippen molar-refractivity contribution in [3.05, 3.63) is 17.7 Å². The van der Waals surface area contributed by atoms with Crippen molar-refractivity contribution >= 4 is 6.09 Å². The molecule has 1 aromatic carbocycles. The number of methoxy groups -OCH3 is 3. The zero-order valence-corrected chi connectivity index (χ0v) is 10.5. The Kier molecular flexibility index (Phi) is 3.45. The van der Waals surface area contributed by atoms with Gasteiger partial charge in [0.1, 0.15) is 23.9 Å². The van der Waals surface area contributed by atoms with Gasteiger partial charge in [0.2, 0.25) is 0 Å². The number of nitrogens with one attached hydrogen (secondary N) is 1. The summed E-state index contributed by atoms with van der Waals surface area (Å²) in [6.07, 6.45) is -0.445. The van der Waals surface area contributed by atoms with E-state index in [-0.39, 0.29) is 12.6 Å². The number of carbonyl (C=O) groups excluding carboxylic acids is 1. The first-order valence-electron chi connectivity index (χ1n) is 5.42. The fourth-order valence-corrected chi connectivity index (χ4v) is 1.92. The molecule has 1 amide bonds. The van der Waals surface area contributed by atoms with Gasteiger partial charge in [-0.15, -0.1) is 0 Å². The van der Waals surface area contributed by atoms with Crippen molar-refractivity contribution in [3.8, 4) is 17.2 Å². The van der Waals surface area contributed by atoms with Crippen LogP contribution in [0.15, 0.2) is 12.1 Å². The Morgan fingerprint density at radius 1 is 1.17 bits per heavy atom. The maximum absolute atomic E-state index is 11.1. The SMILES string of the molecule is COc1cc(OC)c(C2COC(=O)N2)c(OC)c1. The number of amides is 1. The van der Waals surface area contributed by atoms with E-state index in [1.807, 2.05) is 0 Å². The van der Waals surface area contributed by atoms with Gasteiger partial charge in [0, 0.05) is 12.1 Å². The molecule has 0 radical (unpaired) electrons. The van der Waals surface area contributed by atoms with Crippen LogP contribution in [0.3, 0.4) is 0 Å². The minimum Gasteiger partial charge on any atom is -0.496 e. The molecule has 98 valence electrons. The number of alkyl carbamates (subject to hydrolysis) is 1. The molecule has 0 aromatic heterocycles. The Morgan fingerprint density at radius 2 is 1.78 bits per heavy atom.